The van der Waals surface area contributed by atoms with Gasteiger partial charge in [0.05, 0.1) is 12.9 Å². The van der Waals surface area contributed by atoms with Crippen LogP contribution in [0.1, 0.15) is 13.2 Å². The molecule has 2 aromatic heterocycles. The van der Waals surface area contributed by atoms with Gasteiger partial charge in [-0.1, -0.05) is 0 Å². The van der Waals surface area contributed by atoms with E-state index in [1.165, 1.54) is 24.3 Å². The van der Waals surface area contributed by atoms with Crippen LogP contribution in [0.2, 0.25) is 0 Å². The second kappa shape index (κ2) is 10.3. The molecular formula is C13H22N5O13P3. The van der Waals surface area contributed by atoms with Gasteiger partial charge in [-0.05, 0) is 6.92 Å². The number of methoxy groups -OCH3 is 1. The molecule has 34 heavy (non-hydrogen) atoms. The SMILES string of the molecule is CCO[C@@H]1[C@H](OC)[C@@H](COP(=O)(O)OP(=O)(O)OP(=O)(O)O)O[C@H]1n1cnc2c(N)ncnc21. The van der Waals surface area contributed by atoms with E-state index in [1.807, 2.05) is 0 Å². The molecule has 2 unspecified atom stereocenters. The van der Waals surface area contributed by atoms with Crippen molar-refractivity contribution in [1.82, 2.24) is 19.5 Å². The van der Waals surface area contributed by atoms with Crippen LogP contribution < -0.4 is 5.73 Å². The summed E-state index contributed by atoms with van der Waals surface area (Å²) in [7, 11) is -15.2. The van der Waals surface area contributed by atoms with Gasteiger partial charge in [0, 0.05) is 13.7 Å². The number of anilines is 1. The summed E-state index contributed by atoms with van der Waals surface area (Å²) in [6.07, 6.45) is -1.08. The lowest BCUT2D eigenvalue weighted by Crippen LogP contribution is -2.37. The number of aromatic nitrogens is 4. The fourth-order valence-corrected chi connectivity index (χ4v) is 6.28. The fraction of sp³-hybridized carbons (Fsp3) is 0.615. The molecule has 3 rings (SSSR count). The Kier molecular flexibility index (Phi) is 8.27. The van der Waals surface area contributed by atoms with Crippen molar-refractivity contribution in [3.63, 3.8) is 0 Å². The molecular weight excluding hydrogens is 527 g/mol. The lowest BCUT2D eigenvalue weighted by molar-refractivity contribution is -0.0689. The number of ether oxygens (including phenoxy) is 3. The van der Waals surface area contributed by atoms with E-state index in [4.69, 9.17) is 29.7 Å². The number of nitrogens with two attached hydrogens (primary N) is 1. The number of phosphoric acid groups is 3. The summed E-state index contributed by atoms with van der Waals surface area (Å²) >= 11 is 0. The third kappa shape index (κ3) is 6.44. The molecule has 1 aliphatic heterocycles. The first-order valence-corrected chi connectivity index (χ1v) is 13.8. The molecule has 2 aromatic rings. The number of imidazole rings is 1. The van der Waals surface area contributed by atoms with Crippen LogP contribution in [-0.4, -0.2) is 77.7 Å². The van der Waals surface area contributed by atoms with Crippen molar-refractivity contribution in [2.45, 2.75) is 31.5 Å². The first-order valence-electron chi connectivity index (χ1n) is 9.28. The largest absolute Gasteiger partial charge is 0.490 e. The minimum Gasteiger partial charge on any atom is -0.382 e. The number of hydrogen-bond donors (Lipinski definition) is 5. The maximum absolute atomic E-state index is 12.1. The van der Waals surface area contributed by atoms with Crippen molar-refractivity contribution in [3.8, 4) is 0 Å². The highest BCUT2D eigenvalue weighted by molar-refractivity contribution is 7.66. The van der Waals surface area contributed by atoms with E-state index >= 15 is 0 Å². The summed E-state index contributed by atoms with van der Waals surface area (Å²) in [5.41, 5.74) is 6.42. The Hall–Kier alpha value is -1.36. The van der Waals surface area contributed by atoms with Gasteiger partial charge in [0.25, 0.3) is 0 Å². The molecule has 6 atom stereocenters. The minimum atomic E-state index is -5.66. The van der Waals surface area contributed by atoms with E-state index < -0.39 is 54.6 Å². The van der Waals surface area contributed by atoms with Crippen molar-refractivity contribution in [2.75, 3.05) is 26.1 Å². The Morgan fingerprint density at radius 3 is 2.41 bits per heavy atom. The summed E-state index contributed by atoms with van der Waals surface area (Å²) in [4.78, 5) is 48.3. The summed E-state index contributed by atoms with van der Waals surface area (Å²) in [5, 5.41) is 0. The molecule has 1 fully saturated rings. The molecule has 1 saturated heterocycles. The van der Waals surface area contributed by atoms with Crippen LogP contribution in [0.3, 0.4) is 0 Å². The van der Waals surface area contributed by atoms with Gasteiger partial charge >= 0.3 is 23.5 Å². The highest BCUT2D eigenvalue weighted by atomic mass is 31.3. The second-order valence-corrected chi connectivity index (χ2v) is 11.1. The molecule has 6 N–H and O–H groups in total. The predicted molar refractivity (Wildman–Crippen MR) is 110 cm³/mol. The molecule has 192 valence electrons. The Morgan fingerprint density at radius 1 is 1.09 bits per heavy atom. The van der Waals surface area contributed by atoms with Gasteiger partial charge in [-0.3, -0.25) is 9.09 Å². The molecule has 0 radical (unpaired) electrons. The average Bonchev–Trinajstić information content (AvgIpc) is 3.26. The highest BCUT2D eigenvalue weighted by Crippen LogP contribution is 2.66. The molecule has 0 aromatic carbocycles. The number of phosphoric ester groups is 1. The van der Waals surface area contributed by atoms with Gasteiger partial charge in [-0.15, -0.1) is 0 Å². The van der Waals surface area contributed by atoms with Crippen molar-refractivity contribution in [1.29, 1.82) is 0 Å². The number of nitrogen functional groups attached to an aromatic ring is 1. The van der Waals surface area contributed by atoms with Crippen LogP contribution in [-0.2, 0) is 41.1 Å². The third-order valence-corrected chi connectivity index (χ3v) is 8.20. The van der Waals surface area contributed by atoms with E-state index in [9.17, 15) is 23.5 Å². The topological polar surface area (TPSA) is 257 Å². The van der Waals surface area contributed by atoms with Crippen LogP contribution in [0.15, 0.2) is 12.7 Å². The Bertz CT molecular complexity index is 1160. The first kappa shape index (κ1) is 27.2. The van der Waals surface area contributed by atoms with Gasteiger partial charge < -0.3 is 39.5 Å². The summed E-state index contributed by atoms with van der Waals surface area (Å²) < 4.78 is 64.9. The van der Waals surface area contributed by atoms with Crippen LogP contribution in [0.25, 0.3) is 11.2 Å². The van der Waals surface area contributed by atoms with Gasteiger partial charge in [0.2, 0.25) is 0 Å². The predicted octanol–water partition coefficient (Wildman–Crippen LogP) is 0.0693. The monoisotopic (exact) mass is 549 g/mol. The van der Waals surface area contributed by atoms with Crippen LogP contribution >= 0.6 is 23.5 Å². The molecule has 0 aliphatic carbocycles. The normalized spacial score (nSPS) is 27.0. The maximum atomic E-state index is 12.1. The van der Waals surface area contributed by atoms with Crippen LogP contribution in [0, 0.1) is 0 Å². The molecule has 18 nitrogen and oxygen atoms in total. The standard InChI is InChI=1S/C13H22N5O13P3/c1-3-27-10-9(26-2)7(4-28-33(22,23)31-34(24,25)30-32(19,20)21)29-13(10)18-6-17-8-11(14)15-5-16-12(8)18/h5-7,9-10,13H,3-4H2,1-2H3,(H,22,23)(H,24,25)(H2,14,15,16)(H2,19,20,21)/t7-,9-,10-,13-/m1/s1. The van der Waals surface area contributed by atoms with E-state index in [0.29, 0.717) is 11.2 Å². The number of nitrogens with zero attached hydrogens (tertiary/aromatic N) is 4. The zero-order valence-electron chi connectivity index (χ0n) is 17.5. The third-order valence-electron chi connectivity index (χ3n) is 4.40. The molecule has 0 amide bonds. The number of fused-ring (bicyclic) bond motifs is 1. The molecule has 0 saturated carbocycles. The zero-order chi connectivity index (χ0) is 25.3. The lowest BCUT2D eigenvalue weighted by Gasteiger charge is -2.23. The van der Waals surface area contributed by atoms with Crippen LogP contribution in [0.4, 0.5) is 5.82 Å². The second-order valence-electron chi connectivity index (χ2n) is 6.66. The number of hydrogen-bond acceptors (Lipinski definition) is 13. The highest BCUT2D eigenvalue weighted by Gasteiger charge is 2.49. The van der Waals surface area contributed by atoms with Gasteiger partial charge in [-0.2, -0.15) is 8.62 Å². The van der Waals surface area contributed by atoms with Crippen molar-refractivity contribution >= 4 is 40.4 Å². The molecule has 0 bridgehead atoms. The Balaban J connectivity index is 1.79. The van der Waals surface area contributed by atoms with E-state index in [1.54, 1.807) is 6.92 Å². The van der Waals surface area contributed by atoms with Crippen molar-refractivity contribution < 1.29 is 60.6 Å². The van der Waals surface area contributed by atoms with Gasteiger partial charge in [-0.25, -0.2) is 28.6 Å². The fourth-order valence-electron chi connectivity index (χ4n) is 3.25. The van der Waals surface area contributed by atoms with Crippen molar-refractivity contribution in [2.24, 2.45) is 0 Å². The summed E-state index contributed by atoms with van der Waals surface area (Å²) in [6.45, 7) is 1.22. The molecule has 0 spiro atoms. The number of rotatable bonds is 11. The smallest absolute Gasteiger partial charge is 0.382 e. The lowest BCUT2D eigenvalue weighted by atomic mass is 10.1. The molecule has 3 heterocycles. The maximum Gasteiger partial charge on any atom is 0.490 e. The van der Waals surface area contributed by atoms with Crippen LogP contribution in [0.5, 0.6) is 0 Å². The molecule has 1 aliphatic rings. The van der Waals surface area contributed by atoms with E-state index in [-0.39, 0.29) is 12.4 Å². The van der Waals surface area contributed by atoms with E-state index in [0.717, 1.165) is 0 Å². The minimum absolute atomic E-state index is 0.127. The Morgan fingerprint density at radius 2 is 1.79 bits per heavy atom. The van der Waals surface area contributed by atoms with Gasteiger partial charge in [0.1, 0.15) is 30.2 Å². The summed E-state index contributed by atoms with van der Waals surface area (Å²) in [6, 6.07) is 0. The quantitative estimate of drug-likeness (QED) is 0.232. The molecule has 21 heteroatoms. The first-order chi connectivity index (χ1) is 15.8. The zero-order valence-corrected chi connectivity index (χ0v) is 20.2. The Labute approximate surface area is 191 Å². The van der Waals surface area contributed by atoms with Gasteiger partial charge in [0.15, 0.2) is 17.7 Å². The van der Waals surface area contributed by atoms with E-state index in [2.05, 4.69) is 28.1 Å². The van der Waals surface area contributed by atoms with Crippen molar-refractivity contribution in [3.05, 3.63) is 12.7 Å². The average molecular weight is 549 g/mol. The summed E-state index contributed by atoms with van der Waals surface area (Å²) in [5.74, 6) is 0.127.